The Labute approximate surface area is 262 Å². The third-order valence-electron chi connectivity index (χ3n) is 5.64. The highest BCUT2D eigenvalue weighted by atomic mass is 19.2. The summed E-state index contributed by atoms with van der Waals surface area (Å²) in [5.41, 5.74) is 0.193. The molecule has 1 N–H and O–H groups in total. The van der Waals surface area contributed by atoms with Gasteiger partial charge in [0.2, 0.25) is 23.3 Å². The van der Waals surface area contributed by atoms with Crippen LogP contribution in [0.25, 0.3) is 0 Å². The molecule has 15 heteroatoms. The Bertz CT molecular complexity index is 939. The van der Waals surface area contributed by atoms with E-state index in [0.29, 0.717) is 85.6 Å². The summed E-state index contributed by atoms with van der Waals surface area (Å²) in [6.45, 7) is 11.5. The van der Waals surface area contributed by atoms with Crippen molar-refractivity contribution in [3.05, 3.63) is 29.3 Å². The molecule has 0 aliphatic carbocycles. The van der Waals surface area contributed by atoms with Gasteiger partial charge in [0.25, 0.3) is 0 Å². The molecule has 0 radical (unpaired) electrons. The second kappa shape index (κ2) is 24.8. The predicted octanol–water partition coefficient (Wildman–Crippen LogP) is 3.60. The van der Waals surface area contributed by atoms with Crippen LogP contribution in [0.15, 0.2) is 6.07 Å². The zero-order valence-corrected chi connectivity index (χ0v) is 26.4. The number of hydrogen-bond acceptors (Lipinski definition) is 10. The normalized spacial score (nSPS) is 11.6. The number of hydrogen-bond donors (Lipinski definition) is 1. The Morgan fingerprint density at radius 2 is 0.956 bits per heavy atom. The molecule has 260 valence electrons. The van der Waals surface area contributed by atoms with Crippen LogP contribution in [-0.2, 0) is 42.7 Å². The van der Waals surface area contributed by atoms with Gasteiger partial charge >= 0.3 is 5.97 Å². The first-order valence-corrected chi connectivity index (χ1v) is 14.9. The molecule has 0 fully saturated rings. The third kappa shape index (κ3) is 21.9. The van der Waals surface area contributed by atoms with Crippen molar-refractivity contribution in [3.63, 3.8) is 0 Å². The SMILES string of the molecule is CC(C)(C)CCNC(=O)CCOCCOCCOCCOCCOCCOCCOCCC(=O)Oc1c(F)c(F)cc(F)c1F. The first-order valence-electron chi connectivity index (χ1n) is 14.9. The van der Waals surface area contributed by atoms with Gasteiger partial charge in [-0.2, -0.15) is 8.78 Å². The summed E-state index contributed by atoms with van der Waals surface area (Å²) in [7, 11) is 0. The van der Waals surface area contributed by atoms with Crippen LogP contribution in [0.3, 0.4) is 0 Å². The van der Waals surface area contributed by atoms with Gasteiger partial charge in [0.1, 0.15) is 0 Å². The highest BCUT2D eigenvalue weighted by Gasteiger charge is 2.23. The first kappa shape index (κ1) is 40.6. The van der Waals surface area contributed by atoms with E-state index in [9.17, 15) is 27.2 Å². The van der Waals surface area contributed by atoms with Gasteiger partial charge in [0.15, 0.2) is 11.6 Å². The van der Waals surface area contributed by atoms with Gasteiger partial charge in [-0.1, -0.05) is 20.8 Å². The molecule has 0 saturated heterocycles. The summed E-state index contributed by atoms with van der Waals surface area (Å²) < 4.78 is 95.1. The molecule has 0 heterocycles. The van der Waals surface area contributed by atoms with Gasteiger partial charge in [-0.3, -0.25) is 9.59 Å². The van der Waals surface area contributed by atoms with Gasteiger partial charge < -0.3 is 43.2 Å². The van der Waals surface area contributed by atoms with E-state index in [-0.39, 0.29) is 37.2 Å². The largest absolute Gasteiger partial charge is 0.420 e. The average molecular weight is 658 g/mol. The highest BCUT2D eigenvalue weighted by molar-refractivity contribution is 5.75. The second-order valence-electron chi connectivity index (χ2n) is 10.7. The van der Waals surface area contributed by atoms with Crippen LogP contribution < -0.4 is 10.1 Å². The molecule has 0 aliphatic heterocycles. The van der Waals surface area contributed by atoms with Crippen molar-refractivity contribution in [2.24, 2.45) is 5.41 Å². The molecule has 0 atom stereocenters. The fourth-order valence-electron chi connectivity index (χ4n) is 3.21. The zero-order chi connectivity index (χ0) is 33.3. The Kier molecular flexibility index (Phi) is 22.4. The highest BCUT2D eigenvalue weighted by Crippen LogP contribution is 2.26. The molecule has 1 amide bonds. The lowest BCUT2D eigenvalue weighted by atomic mass is 9.92. The van der Waals surface area contributed by atoms with E-state index < -0.39 is 41.4 Å². The van der Waals surface area contributed by atoms with Crippen molar-refractivity contribution in [2.45, 2.75) is 40.0 Å². The average Bonchev–Trinajstić information content (AvgIpc) is 2.98. The van der Waals surface area contributed by atoms with Crippen LogP contribution in [0.5, 0.6) is 5.75 Å². The molecule has 0 saturated carbocycles. The van der Waals surface area contributed by atoms with Crippen LogP contribution in [0.2, 0.25) is 0 Å². The van der Waals surface area contributed by atoms with E-state index in [2.05, 4.69) is 30.8 Å². The van der Waals surface area contributed by atoms with Gasteiger partial charge in [-0.05, 0) is 11.8 Å². The van der Waals surface area contributed by atoms with E-state index >= 15 is 0 Å². The number of carbonyl (C=O) groups excluding carboxylic acids is 2. The van der Waals surface area contributed by atoms with Crippen LogP contribution in [0.4, 0.5) is 17.6 Å². The Morgan fingerprint density at radius 3 is 1.33 bits per heavy atom. The predicted molar refractivity (Wildman–Crippen MR) is 154 cm³/mol. The lowest BCUT2D eigenvalue weighted by Gasteiger charge is -2.17. The van der Waals surface area contributed by atoms with E-state index in [1.54, 1.807) is 0 Å². The van der Waals surface area contributed by atoms with E-state index in [1.807, 2.05) is 0 Å². The second-order valence-corrected chi connectivity index (χ2v) is 10.7. The van der Waals surface area contributed by atoms with E-state index in [1.165, 1.54) is 0 Å². The van der Waals surface area contributed by atoms with Crippen LogP contribution in [-0.4, -0.2) is 111 Å². The molecule has 0 bridgehead atoms. The van der Waals surface area contributed by atoms with Crippen molar-refractivity contribution < 1.29 is 65.0 Å². The van der Waals surface area contributed by atoms with Crippen molar-refractivity contribution in [1.82, 2.24) is 5.32 Å². The summed E-state index contributed by atoms with van der Waals surface area (Å²) in [5, 5.41) is 2.89. The Morgan fingerprint density at radius 1 is 0.600 bits per heavy atom. The first-order chi connectivity index (χ1) is 21.5. The molecule has 1 aromatic rings. The maximum atomic E-state index is 13.5. The molecular weight excluding hydrogens is 610 g/mol. The summed E-state index contributed by atoms with van der Waals surface area (Å²) in [6.07, 6.45) is 0.864. The fourth-order valence-corrected chi connectivity index (χ4v) is 3.21. The molecule has 0 aliphatic rings. The van der Waals surface area contributed by atoms with Gasteiger partial charge in [0.05, 0.1) is 98.9 Å². The lowest BCUT2D eigenvalue weighted by Crippen LogP contribution is -2.28. The Hall–Kier alpha value is -2.40. The molecule has 0 spiro atoms. The van der Waals surface area contributed by atoms with Gasteiger partial charge in [-0.15, -0.1) is 0 Å². The van der Waals surface area contributed by atoms with Gasteiger partial charge in [-0.25, -0.2) is 8.78 Å². The minimum absolute atomic E-state index is 0.0117. The van der Waals surface area contributed by atoms with Crippen LogP contribution in [0.1, 0.15) is 40.0 Å². The number of carbonyl (C=O) groups is 2. The number of ether oxygens (including phenoxy) is 8. The standard InChI is InChI=1S/C30H47F4NO10/c1-30(2,3)6-7-35-25(36)4-8-38-10-12-40-14-16-42-18-20-44-21-19-43-17-15-41-13-11-39-9-5-26(37)45-29-27(33)23(31)22-24(32)28(29)34/h22H,4-21H2,1-3H3,(H,35,36). The zero-order valence-electron chi connectivity index (χ0n) is 26.4. The smallest absolute Gasteiger partial charge is 0.313 e. The van der Waals surface area contributed by atoms with Crippen LogP contribution in [0, 0.1) is 28.7 Å². The summed E-state index contributed by atoms with van der Waals surface area (Å²) in [5.74, 6) is -9.49. The minimum Gasteiger partial charge on any atom is -0.420 e. The number of nitrogens with one attached hydrogen (secondary N) is 1. The fraction of sp³-hybridized carbons (Fsp3) is 0.733. The third-order valence-corrected chi connectivity index (χ3v) is 5.64. The minimum atomic E-state index is -1.79. The maximum Gasteiger partial charge on any atom is 0.313 e. The number of esters is 1. The van der Waals surface area contributed by atoms with E-state index in [0.717, 1.165) is 6.42 Å². The Balaban J connectivity index is 1.79. The van der Waals surface area contributed by atoms with Crippen LogP contribution >= 0.6 is 0 Å². The lowest BCUT2D eigenvalue weighted by molar-refractivity contribution is -0.136. The van der Waals surface area contributed by atoms with Crippen molar-refractivity contribution in [3.8, 4) is 5.75 Å². The van der Waals surface area contributed by atoms with Crippen molar-refractivity contribution in [1.29, 1.82) is 0 Å². The number of halogens is 4. The molecule has 45 heavy (non-hydrogen) atoms. The molecule has 1 rings (SSSR count). The number of amides is 1. The topological polar surface area (TPSA) is 120 Å². The van der Waals surface area contributed by atoms with Crippen molar-refractivity contribution in [2.75, 3.05) is 99.0 Å². The summed E-state index contributed by atoms with van der Waals surface area (Å²) in [4.78, 5) is 23.3. The summed E-state index contributed by atoms with van der Waals surface area (Å²) >= 11 is 0. The monoisotopic (exact) mass is 657 g/mol. The quantitative estimate of drug-likeness (QED) is 0.0494. The van der Waals surface area contributed by atoms with Crippen molar-refractivity contribution >= 4 is 11.9 Å². The molecule has 11 nitrogen and oxygen atoms in total. The summed E-state index contributed by atoms with van der Waals surface area (Å²) in [6, 6.07) is 0.0171. The molecular formula is C30H47F4NO10. The number of benzene rings is 1. The molecule has 1 aromatic carbocycles. The number of rotatable bonds is 27. The maximum absolute atomic E-state index is 13.5. The molecule has 0 aromatic heterocycles. The molecule has 0 unspecified atom stereocenters. The van der Waals surface area contributed by atoms with E-state index in [4.69, 9.17) is 33.2 Å². The van der Waals surface area contributed by atoms with Gasteiger partial charge in [0, 0.05) is 19.0 Å².